The van der Waals surface area contributed by atoms with Crippen LogP contribution in [0.1, 0.15) is 0 Å². The molecule has 2 aromatic carbocycles. The summed E-state index contributed by atoms with van der Waals surface area (Å²) in [5.41, 5.74) is -0.645. The van der Waals surface area contributed by atoms with Crippen molar-refractivity contribution in [3.8, 4) is 5.75 Å². The van der Waals surface area contributed by atoms with E-state index in [2.05, 4.69) is 26.0 Å². The molecule has 0 aliphatic carbocycles. The maximum Gasteiger partial charge on any atom is 0.344 e. The molecule has 0 unspecified atom stereocenters. The lowest BCUT2D eigenvalue weighted by molar-refractivity contribution is -0.385. The molecule has 142 valence electrons. The number of benzene rings is 2. The molecule has 27 heavy (non-hydrogen) atoms. The largest absolute Gasteiger partial charge is 0.475 e. The maximum atomic E-state index is 13.6. The fourth-order valence-electron chi connectivity index (χ4n) is 1.89. The molecule has 0 bridgehead atoms. The number of hydrogen-bond donors (Lipinski definition) is 1. The van der Waals surface area contributed by atoms with Crippen molar-refractivity contribution in [3.05, 3.63) is 62.6 Å². The van der Waals surface area contributed by atoms with Gasteiger partial charge in [0, 0.05) is 16.6 Å². The van der Waals surface area contributed by atoms with Gasteiger partial charge in [0.15, 0.2) is 24.8 Å². The van der Waals surface area contributed by atoms with Gasteiger partial charge < -0.3 is 14.8 Å². The Labute approximate surface area is 159 Å². The van der Waals surface area contributed by atoms with Crippen molar-refractivity contribution < 1.29 is 32.8 Å². The van der Waals surface area contributed by atoms with Gasteiger partial charge in [-0.15, -0.1) is 0 Å². The molecule has 11 heteroatoms. The third kappa shape index (κ3) is 5.71. The summed E-state index contributed by atoms with van der Waals surface area (Å²) in [7, 11) is 0. The number of nitro benzene ring substituents is 1. The van der Waals surface area contributed by atoms with Crippen LogP contribution in [0.5, 0.6) is 5.75 Å². The van der Waals surface area contributed by atoms with E-state index in [9.17, 15) is 28.5 Å². The minimum atomic E-state index is -1.01. The zero-order valence-corrected chi connectivity index (χ0v) is 15.0. The Morgan fingerprint density at radius 1 is 1.19 bits per heavy atom. The van der Waals surface area contributed by atoms with E-state index < -0.39 is 41.6 Å². The number of rotatable bonds is 7. The number of esters is 1. The van der Waals surface area contributed by atoms with Crippen LogP contribution >= 0.6 is 15.9 Å². The molecule has 0 fully saturated rings. The highest BCUT2D eigenvalue weighted by atomic mass is 79.9. The van der Waals surface area contributed by atoms with Gasteiger partial charge in [0.1, 0.15) is 5.82 Å². The zero-order valence-electron chi connectivity index (χ0n) is 13.4. The van der Waals surface area contributed by atoms with Crippen molar-refractivity contribution in [2.24, 2.45) is 0 Å². The summed E-state index contributed by atoms with van der Waals surface area (Å²) in [5, 5.41) is 13.0. The van der Waals surface area contributed by atoms with Crippen LogP contribution in [-0.2, 0) is 14.3 Å². The second-order valence-corrected chi connectivity index (χ2v) is 5.82. The van der Waals surface area contributed by atoms with Gasteiger partial charge in [0.2, 0.25) is 0 Å². The number of ether oxygens (including phenoxy) is 2. The third-order valence-electron chi connectivity index (χ3n) is 3.04. The van der Waals surface area contributed by atoms with E-state index in [0.717, 1.165) is 6.07 Å². The Kier molecular flexibility index (Phi) is 6.77. The molecule has 0 saturated carbocycles. The maximum absolute atomic E-state index is 13.6. The summed E-state index contributed by atoms with van der Waals surface area (Å²) in [6.07, 6.45) is 0. The highest BCUT2D eigenvalue weighted by Crippen LogP contribution is 2.27. The van der Waals surface area contributed by atoms with Crippen LogP contribution in [-0.4, -0.2) is 30.0 Å². The van der Waals surface area contributed by atoms with Crippen molar-refractivity contribution in [2.45, 2.75) is 0 Å². The van der Waals surface area contributed by atoms with Gasteiger partial charge in [-0.2, -0.15) is 0 Å². The fourth-order valence-corrected chi connectivity index (χ4v) is 2.40. The van der Waals surface area contributed by atoms with E-state index in [1.54, 1.807) is 0 Å². The van der Waals surface area contributed by atoms with Crippen molar-refractivity contribution >= 4 is 39.2 Å². The topological polar surface area (TPSA) is 108 Å². The summed E-state index contributed by atoms with van der Waals surface area (Å²) in [6, 6.07) is 6.94. The second kappa shape index (κ2) is 9.03. The minimum Gasteiger partial charge on any atom is -0.475 e. The third-order valence-corrected chi connectivity index (χ3v) is 3.67. The molecule has 0 saturated heterocycles. The lowest BCUT2D eigenvalue weighted by atomic mass is 10.3. The van der Waals surface area contributed by atoms with Crippen molar-refractivity contribution in [1.29, 1.82) is 0 Å². The van der Waals surface area contributed by atoms with Crippen LogP contribution in [0.4, 0.5) is 20.2 Å². The molecule has 0 aliphatic rings. The van der Waals surface area contributed by atoms with Crippen LogP contribution in [0.15, 0.2) is 40.9 Å². The van der Waals surface area contributed by atoms with Crippen molar-refractivity contribution in [2.75, 3.05) is 18.5 Å². The SMILES string of the molecule is O=C(COC(=O)COc1ccccc1[N+](=O)[O-])Nc1c(F)cc(F)cc1Br. The Hall–Kier alpha value is -3.08. The molecular weight excluding hydrogens is 434 g/mol. The Morgan fingerprint density at radius 3 is 2.56 bits per heavy atom. The molecule has 2 aromatic rings. The van der Waals surface area contributed by atoms with E-state index in [1.807, 2.05) is 0 Å². The Morgan fingerprint density at radius 2 is 1.89 bits per heavy atom. The average Bonchev–Trinajstić information content (AvgIpc) is 2.61. The van der Waals surface area contributed by atoms with Crippen molar-refractivity contribution in [3.63, 3.8) is 0 Å². The second-order valence-electron chi connectivity index (χ2n) is 4.97. The fraction of sp³-hybridized carbons (Fsp3) is 0.125. The number of halogens is 3. The van der Waals surface area contributed by atoms with Gasteiger partial charge in [-0.3, -0.25) is 14.9 Å². The molecule has 8 nitrogen and oxygen atoms in total. The number of nitrogens with zero attached hydrogens (tertiary/aromatic N) is 1. The molecule has 0 radical (unpaired) electrons. The van der Waals surface area contributed by atoms with Crippen LogP contribution in [0.3, 0.4) is 0 Å². The van der Waals surface area contributed by atoms with Gasteiger partial charge in [0.25, 0.3) is 5.91 Å². The molecule has 0 spiro atoms. The monoisotopic (exact) mass is 444 g/mol. The standard InChI is InChI=1S/C16H11BrF2N2O6/c17-10-5-9(18)6-11(19)16(10)20-14(22)7-27-15(23)8-26-13-4-2-1-3-12(13)21(24)25/h1-6H,7-8H2,(H,20,22). The van der Waals surface area contributed by atoms with Crippen LogP contribution in [0.25, 0.3) is 0 Å². The van der Waals surface area contributed by atoms with Gasteiger partial charge in [-0.1, -0.05) is 12.1 Å². The summed E-state index contributed by atoms with van der Waals surface area (Å²) in [5.74, 6) is -3.83. The van der Waals surface area contributed by atoms with E-state index >= 15 is 0 Å². The van der Waals surface area contributed by atoms with Gasteiger partial charge in [-0.05, 0) is 28.1 Å². The molecule has 0 atom stereocenters. The predicted molar refractivity (Wildman–Crippen MR) is 92.2 cm³/mol. The van der Waals surface area contributed by atoms with Crippen LogP contribution in [0.2, 0.25) is 0 Å². The summed E-state index contributed by atoms with van der Waals surface area (Å²) >= 11 is 2.90. The molecule has 1 amide bonds. The number of carbonyl (C=O) groups is 2. The summed E-state index contributed by atoms with van der Waals surface area (Å²) in [6.45, 7) is -1.44. The first kappa shape index (κ1) is 20.2. The Balaban J connectivity index is 1.86. The molecule has 0 aliphatic heterocycles. The first-order chi connectivity index (χ1) is 12.8. The van der Waals surface area contributed by atoms with Crippen molar-refractivity contribution in [1.82, 2.24) is 0 Å². The minimum absolute atomic E-state index is 0.0283. The first-order valence-electron chi connectivity index (χ1n) is 7.24. The smallest absolute Gasteiger partial charge is 0.344 e. The number of anilines is 1. The number of nitrogens with one attached hydrogen (secondary N) is 1. The Bertz CT molecular complexity index is 870. The van der Waals surface area contributed by atoms with E-state index in [-0.39, 0.29) is 21.6 Å². The van der Waals surface area contributed by atoms with Crippen LogP contribution in [0, 0.1) is 21.7 Å². The molecular formula is C16H11BrF2N2O6. The number of para-hydroxylation sites is 2. The van der Waals surface area contributed by atoms with E-state index in [1.165, 1.54) is 24.3 Å². The molecule has 0 heterocycles. The van der Waals surface area contributed by atoms with Gasteiger partial charge in [0.05, 0.1) is 10.6 Å². The highest BCUT2D eigenvalue weighted by Gasteiger charge is 2.17. The quantitative estimate of drug-likeness (QED) is 0.399. The molecule has 2 rings (SSSR count). The predicted octanol–water partition coefficient (Wildman–Crippen LogP) is 3.20. The first-order valence-corrected chi connectivity index (χ1v) is 8.03. The lowest BCUT2D eigenvalue weighted by Crippen LogP contribution is -2.24. The normalized spacial score (nSPS) is 10.2. The summed E-state index contributed by atoms with van der Waals surface area (Å²) < 4.78 is 36.2. The lowest BCUT2D eigenvalue weighted by Gasteiger charge is -2.10. The molecule has 1 N–H and O–H groups in total. The number of nitro groups is 1. The van der Waals surface area contributed by atoms with E-state index in [0.29, 0.717) is 6.07 Å². The number of carbonyl (C=O) groups excluding carboxylic acids is 2. The van der Waals surface area contributed by atoms with Crippen LogP contribution < -0.4 is 10.1 Å². The average molecular weight is 445 g/mol. The summed E-state index contributed by atoms with van der Waals surface area (Å²) in [4.78, 5) is 33.5. The van der Waals surface area contributed by atoms with Gasteiger partial charge in [-0.25, -0.2) is 13.6 Å². The number of amides is 1. The molecule has 0 aromatic heterocycles. The van der Waals surface area contributed by atoms with E-state index in [4.69, 9.17) is 4.74 Å². The highest BCUT2D eigenvalue weighted by molar-refractivity contribution is 9.10. The zero-order chi connectivity index (χ0) is 20.0. The van der Waals surface area contributed by atoms with Gasteiger partial charge >= 0.3 is 11.7 Å². The number of hydrogen-bond acceptors (Lipinski definition) is 6.